The number of likely N-dealkylation sites (N-methyl/N-ethyl adjacent to an activating group) is 1. The molecule has 448 valence electrons. The number of aromatic carboxylic acids is 1. The Kier molecular flexibility index (Phi) is 21.6. The molecule has 0 radical (unpaired) electrons. The molecule has 5 heterocycles. The zero-order chi connectivity index (χ0) is 58.9. The normalized spacial score (nSPS) is 38.2. The third-order valence-corrected chi connectivity index (χ3v) is 19.5. The number of Topliss-reactive ketones (excluding diaryl/α,β-unsaturated/α-hetero) is 1. The average Bonchev–Trinajstić information content (AvgIpc) is 3.40. The highest BCUT2D eigenvalue weighted by atomic mass is 32.2. The first kappa shape index (κ1) is 65.0. The van der Waals surface area contributed by atoms with E-state index in [-0.39, 0.29) is 55.3 Å². The van der Waals surface area contributed by atoms with Crippen molar-refractivity contribution in [3.63, 3.8) is 0 Å². The van der Waals surface area contributed by atoms with Gasteiger partial charge in [0.15, 0.2) is 12.6 Å². The number of carbonyl (C=O) groups is 3. The highest BCUT2D eigenvalue weighted by Gasteiger charge is 2.55. The minimum absolute atomic E-state index is 0.0312. The molecule has 0 saturated carbocycles. The number of carbonyl (C=O) groups excluding carboxylic acids is 2. The number of aliphatic hydroxyl groups is 3. The van der Waals surface area contributed by atoms with Crippen LogP contribution in [-0.2, 0) is 63.5 Å². The highest BCUT2D eigenvalue weighted by Crippen LogP contribution is 2.43. The Morgan fingerprint density at radius 1 is 0.924 bits per heavy atom. The predicted octanol–water partition coefficient (Wildman–Crippen LogP) is 4.70. The van der Waals surface area contributed by atoms with Crippen LogP contribution in [0.15, 0.2) is 28.0 Å². The van der Waals surface area contributed by atoms with Crippen LogP contribution in [0.3, 0.4) is 0 Å². The molecule has 3 fully saturated rings. The van der Waals surface area contributed by atoms with Crippen LogP contribution in [0.4, 0.5) is 0 Å². The van der Waals surface area contributed by atoms with Crippen molar-refractivity contribution in [1.82, 2.24) is 14.8 Å². The van der Waals surface area contributed by atoms with E-state index in [4.69, 9.17) is 37.3 Å². The Labute approximate surface area is 470 Å². The van der Waals surface area contributed by atoms with Crippen LogP contribution in [0.2, 0.25) is 0 Å². The summed E-state index contributed by atoms with van der Waals surface area (Å²) in [6.45, 7) is 19.1. The molecule has 1 unspecified atom stereocenters. The fourth-order valence-electron chi connectivity index (χ4n) is 12.4. The zero-order valence-corrected chi connectivity index (χ0v) is 50.4. The Morgan fingerprint density at radius 3 is 2.20 bits per heavy atom. The van der Waals surface area contributed by atoms with Gasteiger partial charge in [0.1, 0.15) is 35.3 Å². The standard InChI is InChI=1S/C56H89N3O18S2/c1-16-41-56(11,67)48(63)32(5)44(60)29(2)26-54(9,70-14)49(76-53-46(62)40(58(12)13)23-31(4)72-53)33(6)47(34(7)52(66)74-41)75-42-27-55(10,71-15)50(35(8)73-42)77-79(68,69)22-20-57-19-21-78-37-24-36-18-17-30(3)59-28-39(51(64)65)45(61)38(25-37)43(36)59/h24-25,28-35,40-42,46-50,53,57,62-63,67H,16-23,26-27H2,1-15H3,(H,64,65)/t29-,30?,31-,32-,33+,34-,35+,40+,41-,42+,46-,47+,48-,49-,50+,53+,54-,55-,56-/m1/s1. The SMILES string of the molecule is CC[C@H]1OC(=O)[C@H](C)[C@@H](O[C@H]2C[C@@](C)(OC)[C@@H](OS(=O)(=O)CCNCCSc3cc4c5c(c3)c(=O)c(C(=O)O)cn5C(C)CC4)[C@H](C)O2)[C@H](C)[C@@H](O[C@@H]2O[C@H](C)C[C@H](N(C)C)[C@H]2O)[C@](C)(OC)C[C@@H](C)C(=O)[C@@H](C)[C@@H](O)[C@]1(C)O. The van der Waals surface area contributed by atoms with Gasteiger partial charge in [0, 0.05) is 85.8 Å². The molecule has 0 bridgehead atoms. The summed E-state index contributed by atoms with van der Waals surface area (Å²) >= 11 is 1.47. The molecule has 1 aromatic carbocycles. The Morgan fingerprint density at radius 2 is 1.58 bits per heavy atom. The summed E-state index contributed by atoms with van der Waals surface area (Å²) < 4.78 is 80.3. The first-order valence-corrected chi connectivity index (χ1v) is 30.3. The smallest absolute Gasteiger partial charge is 0.341 e. The van der Waals surface area contributed by atoms with E-state index in [1.165, 1.54) is 46.0 Å². The number of aliphatic hydroxyl groups excluding tert-OH is 2. The lowest BCUT2D eigenvalue weighted by atomic mass is 9.74. The number of benzene rings is 1. The minimum atomic E-state index is -4.22. The average molecular weight is 1160 g/mol. The van der Waals surface area contributed by atoms with Crippen LogP contribution < -0.4 is 10.7 Å². The van der Waals surface area contributed by atoms with Gasteiger partial charge in [-0.15, -0.1) is 11.8 Å². The second kappa shape index (κ2) is 26.2. The van der Waals surface area contributed by atoms with Crippen LogP contribution in [0, 0.1) is 23.7 Å². The Bertz CT molecular complexity index is 2640. The van der Waals surface area contributed by atoms with E-state index in [0.717, 1.165) is 28.8 Å². The number of nitrogens with zero attached hydrogens (tertiary/aromatic N) is 2. The molecule has 6 rings (SSSR count). The molecule has 79 heavy (non-hydrogen) atoms. The molecule has 0 amide bonds. The number of esters is 1. The second-order valence-electron chi connectivity index (χ2n) is 23.5. The lowest BCUT2D eigenvalue weighted by Gasteiger charge is -2.50. The number of carboxylic acid groups (broad SMARTS) is 1. The van der Waals surface area contributed by atoms with Crippen molar-refractivity contribution in [3.05, 3.63) is 39.7 Å². The number of methoxy groups -OCH3 is 2. The van der Waals surface area contributed by atoms with Gasteiger partial charge in [0.25, 0.3) is 10.1 Å². The topological polar surface area (TPSA) is 277 Å². The summed E-state index contributed by atoms with van der Waals surface area (Å²) in [4.78, 5) is 56.7. The maximum Gasteiger partial charge on any atom is 0.341 e. The van der Waals surface area contributed by atoms with Gasteiger partial charge in [-0.05, 0) is 112 Å². The van der Waals surface area contributed by atoms with Crippen molar-refractivity contribution in [2.75, 3.05) is 52.9 Å². The van der Waals surface area contributed by atoms with E-state index in [0.29, 0.717) is 24.1 Å². The summed E-state index contributed by atoms with van der Waals surface area (Å²) in [5.41, 5.74) is -3.83. The van der Waals surface area contributed by atoms with Crippen LogP contribution in [0.1, 0.15) is 130 Å². The third kappa shape index (κ3) is 14.3. The Balaban J connectivity index is 1.21. The van der Waals surface area contributed by atoms with Gasteiger partial charge in [-0.25, -0.2) is 4.79 Å². The fraction of sp³-hybridized carbons (Fsp3) is 0.786. The van der Waals surface area contributed by atoms with E-state index >= 15 is 0 Å². The third-order valence-electron chi connectivity index (χ3n) is 17.3. The second-order valence-corrected chi connectivity index (χ2v) is 26.4. The van der Waals surface area contributed by atoms with E-state index in [2.05, 4.69) is 5.32 Å². The summed E-state index contributed by atoms with van der Waals surface area (Å²) in [6.07, 6.45) is -7.58. The van der Waals surface area contributed by atoms with Gasteiger partial charge in [-0.3, -0.25) is 18.6 Å². The molecule has 21 nitrogen and oxygen atoms in total. The molecule has 1 aromatic heterocycles. The number of aryl methyl sites for hydroxylation is 1. The lowest BCUT2D eigenvalue weighted by Crippen LogP contribution is -2.62. The number of thioether (sulfide) groups is 1. The van der Waals surface area contributed by atoms with Gasteiger partial charge in [-0.2, -0.15) is 8.42 Å². The number of aromatic nitrogens is 1. The van der Waals surface area contributed by atoms with Crippen molar-refractivity contribution in [3.8, 4) is 0 Å². The zero-order valence-electron chi connectivity index (χ0n) is 48.8. The van der Waals surface area contributed by atoms with Crippen LogP contribution in [0.25, 0.3) is 10.9 Å². The number of ether oxygens (including phenoxy) is 7. The summed E-state index contributed by atoms with van der Waals surface area (Å²) in [5, 5.41) is 48.6. The van der Waals surface area contributed by atoms with Gasteiger partial charge in [-0.1, -0.05) is 27.7 Å². The molecule has 4 aliphatic heterocycles. The summed E-state index contributed by atoms with van der Waals surface area (Å²) in [5.74, 6) is -6.18. The predicted molar refractivity (Wildman–Crippen MR) is 295 cm³/mol. The number of ketones is 1. The van der Waals surface area contributed by atoms with Gasteiger partial charge in [0.05, 0.1) is 58.9 Å². The first-order chi connectivity index (χ1) is 36.8. The molecule has 2 aromatic rings. The van der Waals surface area contributed by atoms with Crippen LogP contribution in [-0.4, -0.2) is 193 Å². The number of nitrogens with one attached hydrogen (secondary N) is 1. The van der Waals surface area contributed by atoms with Crippen molar-refractivity contribution < 1.29 is 80.6 Å². The first-order valence-electron chi connectivity index (χ1n) is 27.8. The Hall–Kier alpha value is -3.14. The molecule has 23 heteroatoms. The van der Waals surface area contributed by atoms with Crippen LogP contribution >= 0.6 is 11.8 Å². The number of rotatable bonds is 18. The minimum Gasteiger partial charge on any atom is -0.477 e. The molecular formula is C56H89N3O18S2. The number of pyridine rings is 1. The van der Waals surface area contributed by atoms with Gasteiger partial charge in [0.2, 0.25) is 5.43 Å². The number of hydrogen-bond donors (Lipinski definition) is 5. The van der Waals surface area contributed by atoms with Crippen molar-refractivity contribution in [1.29, 1.82) is 0 Å². The molecular weight excluding hydrogens is 1070 g/mol. The fourth-order valence-corrected chi connectivity index (χ4v) is 14.4. The summed E-state index contributed by atoms with van der Waals surface area (Å²) in [6, 6.07) is 3.44. The molecule has 3 saturated heterocycles. The maximum atomic E-state index is 14.6. The lowest BCUT2D eigenvalue weighted by molar-refractivity contribution is -0.317. The quantitative estimate of drug-likeness (QED) is 0.0586. The monoisotopic (exact) mass is 1160 g/mol. The van der Waals surface area contributed by atoms with E-state index < -0.39 is 129 Å². The largest absolute Gasteiger partial charge is 0.477 e. The number of cyclic esters (lactones) is 1. The van der Waals surface area contributed by atoms with Crippen molar-refractivity contribution >= 4 is 50.5 Å². The molecule has 4 aliphatic rings. The van der Waals surface area contributed by atoms with E-state index in [1.807, 2.05) is 43.5 Å². The maximum absolute atomic E-state index is 14.6. The molecule has 5 N–H and O–H groups in total. The number of hydrogen-bond acceptors (Lipinski definition) is 20. The van der Waals surface area contributed by atoms with E-state index in [9.17, 15) is 48.0 Å². The molecule has 19 atom stereocenters. The molecule has 0 aliphatic carbocycles. The van der Waals surface area contributed by atoms with E-state index in [1.54, 1.807) is 54.5 Å². The van der Waals surface area contributed by atoms with Gasteiger partial charge < -0.3 is 68.4 Å². The van der Waals surface area contributed by atoms with Crippen molar-refractivity contribution in [2.24, 2.45) is 23.7 Å². The highest BCUT2D eigenvalue weighted by molar-refractivity contribution is 7.99. The number of carboxylic acids is 1. The van der Waals surface area contributed by atoms with Crippen LogP contribution in [0.5, 0.6) is 0 Å². The summed E-state index contributed by atoms with van der Waals surface area (Å²) in [7, 11) is 2.38. The van der Waals surface area contributed by atoms with Gasteiger partial charge >= 0.3 is 11.9 Å². The van der Waals surface area contributed by atoms with Crippen molar-refractivity contribution in [2.45, 2.75) is 210 Å². The molecule has 0 spiro atoms.